The van der Waals surface area contributed by atoms with E-state index >= 15 is 0 Å². The smallest absolute Gasteiger partial charge is 0.225 e. The molecule has 0 atom stereocenters. The molecule has 0 aromatic carbocycles. The zero-order chi connectivity index (χ0) is 13.2. The van der Waals surface area contributed by atoms with E-state index in [2.05, 4.69) is 30.5 Å². The molecule has 0 bridgehead atoms. The van der Waals surface area contributed by atoms with Crippen LogP contribution in [0.2, 0.25) is 0 Å². The van der Waals surface area contributed by atoms with Gasteiger partial charge in [-0.25, -0.2) is 15.0 Å². The van der Waals surface area contributed by atoms with E-state index in [0.717, 1.165) is 27.6 Å². The number of rotatable bonds is 4. The number of nitrogens with one attached hydrogen (secondary N) is 2. The quantitative estimate of drug-likeness (QED) is 0.720. The van der Waals surface area contributed by atoms with Crippen molar-refractivity contribution in [1.82, 2.24) is 25.1 Å². The van der Waals surface area contributed by atoms with Gasteiger partial charge in [0.1, 0.15) is 15.7 Å². The lowest BCUT2D eigenvalue weighted by Gasteiger charge is -2.04. The third-order valence-electron chi connectivity index (χ3n) is 2.39. The molecule has 0 saturated heterocycles. The van der Waals surface area contributed by atoms with Crippen molar-refractivity contribution < 1.29 is 0 Å². The second-order valence-electron chi connectivity index (χ2n) is 3.83. The van der Waals surface area contributed by atoms with E-state index in [1.807, 2.05) is 25.3 Å². The van der Waals surface area contributed by atoms with Crippen molar-refractivity contribution >= 4 is 39.3 Å². The van der Waals surface area contributed by atoms with Crippen LogP contribution in [-0.2, 0) is 0 Å². The predicted molar refractivity (Wildman–Crippen MR) is 76.8 cm³/mol. The largest absolute Gasteiger partial charge is 0.354 e. The summed E-state index contributed by atoms with van der Waals surface area (Å²) in [4.78, 5) is 14.3. The monoisotopic (exact) mass is 292 g/mol. The molecule has 0 radical (unpaired) electrons. The van der Waals surface area contributed by atoms with Crippen molar-refractivity contribution in [2.45, 2.75) is 24.0 Å². The Kier molecular flexibility index (Phi) is 3.34. The van der Waals surface area contributed by atoms with Gasteiger partial charge in [-0.3, -0.25) is 5.10 Å². The highest BCUT2D eigenvalue weighted by Crippen LogP contribution is 2.32. The van der Waals surface area contributed by atoms with E-state index in [0.29, 0.717) is 11.1 Å². The van der Waals surface area contributed by atoms with Gasteiger partial charge in [0, 0.05) is 11.9 Å². The van der Waals surface area contributed by atoms with Crippen LogP contribution in [0, 0.1) is 6.92 Å². The molecule has 6 nitrogen and oxygen atoms in total. The van der Waals surface area contributed by atoms with Crippen LogP contribution in [0.3, 0.4) is 0 Å². The maximum Gasteiger partial charge on any atom is 0.225 e. The van der Waals surface area contributed by atoms with E-state index in [1.165, 1.54) is 11.8 Å². The number of aromatic amines is 1. The summed E-state index contributed by atoms with van der Waals surface area (Å²) in [6, 6.07) is 2.03. The van der Waals surface area contributed by atoms with Crippen molar-refractivity contribution in [2.24, 2.45) is 0 Å². The normalized spacial score (nSPS) is 11.1. The Balaban J connectivity index is 2.02. The van der Waals surface area contributed by atoms with Gasteiger partial charge < -0.3 is 5.32 Å². The highest BCUT2D eigenvalue weighted by Gasteiger charge is 2.12. The lowest BCUT2D eigenvalue weighted by molar-refractivity contribution is 0.964. The summed E-state index contributed by atoms with van der Waals surface area (Å²) in [6.45, 7) is 4.69. The summed E-state index contributed by atoms with van der Waals surface area (Å²) < 4.78 is 0. The second-order valence-corrected chi connectivity index (χ2v) is 5.68. The molecule has 19 heavy (non-hydrogen) atoms. The average Bonchev–Trinajstić information content (AvgIpc) is 2.99. The molecule has 3 aromatic rings. The zero-order valence-corrected chi connectivity index (χ0v) is 12.1. The van der Waals surface area contributed by atoms with Gasteiger partial charge in [0.05, 0.1) is 0 Å². The van der Waals surface area contributed by atoms with Gasteiger partial charge in [-0.1, -0.05) is 0 Å². The molecule has 3 aromatic heterocycles. The molecule has 0 unspecified atom stereocenters. The SMILES string of the molecule is CCNc1nc(Sc2n[nH]c(C)n2)c2ccsc2n1. The Morgan fingerprint density at radius 2 is 2.26 bits per heavy atom. The molecule has 3 heterocycles. The minimum Gasteiger partial charge on any atom is -0.354 e. The number of hydrogen-bond acceptors (Lipinski definition) is 7. The Morgan fingerprint density at radius 1 is 1.37 bits per heavy atom. The van der Waals surface area contributed by atoms with Crippen LogP contribution in [0.5, 0.6) is 0 Å². The lowest BCUT2D eigenvalue weighted by Crippen LogP contribution is -2.02. The molecule has 98 valence electrons. The van der Waals surface area contributed by atoms with E-state index < -0.39 is 0 Å². The maximum atomic E-state index is 4.52. The topological polar surface area (TPSA) is 79.4 Å². The molecule has 2 N–H and O–H groups in total. The van der Waals surface area contributed by atoms with Crippen molar-refractivity contribution in [3.8, 4) is 0 Å². The Morgan fingerprint density at radius 3 is 3.00 bits per heavy atom. The van der Waals surface area contributed by atoms with Crippen LogP contribution >= 0.6 is 23.1 Å². The third kappa shape index (κ3) is 2.54. The van der Waals surface area contributed by atoms with E-state index in [1.54, 1.807) is 11.3 Å². The summed E-state index contributed by atoms with van der Waals surface area (Å²) in [5.74, 6) is 1.44. The lowest BCUT2D eigenvalue weighted by atomic mass is 10.4. The number of thiophene rings is 1. The number of hydrogen-bond donors (Lipinski definition) is 2. The summed E-state index contributed by atoms with van der Waals surface area (Å²) in [5.41, 5.74) is 0. The van der Waals surface area contributed by atoms with Crippen LogP contribution in [-0.4, -0.2) is 31.7 Å². The Hall–Kier alpha value is -1.67. The Labute approximate surface area is 118 Å². The summed E-state index contributed by atoms with van der Waals surface area (Å²) in [6.07, 6.45) is 0. The summed E-state index contributed by atoms with van der Waals surface area (Å²) in [5, 5.41) is 14.7. The molecule has 0 aliphatic carbocycles. The van der Waals surface area contributed by atoms with Crippen LogP contribution in [0.4, 0.5) is 5.95 Å². The molecule has 0 fully saturated rings. The highest BCUT2D eigenvalue weighted by atomic mass is 32.2. The average molecular weight is 292 g/mol. The summed E-state index contributed by atoms with van der Waals surface area (Å²) in [7, 11) is 0. The molecule has 0 amide bonds. The number of nitrogens with zero attached hydrogens (tertiary/aromatic N) is 4. The molecule has 0 aliphatic rings. The maximum absolute atomic E-state index is 4.52. The van der Waals surface area contributed by atoms with Crippen LogP contribution in [0.1, 0.15) is 12.7 Å². The van der Waals surface area contributed by atoms with Crippen molar-refractivity contribution in [3.05, 3.63) is 17.3 Å². The molecular formula is C11H12N6S2. The van der Waals surface area contributed by atoms with Gasteiger partial charge >= 0.3 is 0 Å². The first-order valence-corrected chi connectivity index (χ1v) is 7.52. The van der Waals surface area contributed by atoms with Gasteiger partial charge in [0.2, 0.25) is 11.1 Å². The molecule has 8 heteroatoms. The predicted octanol–water partition coefficient (Wildman–Crippen LogP) is 2.70. The molecular weight excluding hydrogens is 280 g/mol. The van der Waals surface area contributed by atoms with Gasteiger partial charge in [-0.2, -0.15) is 0 Å². The first-order valence-electron chi connectivity index (χ1n) is 5.82. The highest BCUT2D eigenvalue weighted by molar-refractivity contribution is 7.99. The van der Waals surface area contributed by atoms with Crippen molar-refractivity contribution in [1.29, 1.82) is 0 Å². The number of H-pyrrole nitrogens is 1. The molecule has 0 saturated carbocycles. The zero-order valence-electron chi connectivity index (χ0n) is 10.5. The van der Waals surface area contributed by atoms with Crippen LogP contribution in [0.15, 0.2) is 21.6 Å². The van der Waals surface area contributed by atoms with E-state index in [-0.39, 0.29) is 0 Å². The number of fused-ring (bicyclic) bond motifs is 1. The van der Waals surface area contributed by atoms with Crippen LogP contribution in [0.25, 0.3) is 10.2 Å². The van der Waals surface area contributed by atoms with Gasteiger partial charge in [0.15, 0.2) is 0 Å². The molecule has 3 rings (SSSR count). The van der Waals surface area contributed by atoms with Gasteiger partial charge in [-0.15, -0.1) is 16.4 Å². The number of aryl methyl sites for hydroxylation is 1. The van der Waals surface area contributed by atoms with Gasteiger partial charge in [-0.05, 0) is 37.1 Å². The number of aromatic nitrogens is 5. The van der Waals surface area contributed by atoms with Gasteiger partial charge in [0.25, 0.3) is 0 Å². The van der Waals surface area contributed by atoms with Crippen molar-refractivity contribution in [3.63, 3.8) is 0 Å². The van der Waals surface area contributed by atoms with Crippen LogP contribution < -0.4 is 5.32 Å². The fourth-order valence-corrected chi connectivity index (χ4v) is 3.28. The first-order chi connectivity index (χ1) is 9.26. The Bertz CT molecular complexity index is 704. The molecule has 0 spiro atoms. The fraction of sp³-hybridized carbons (Fsp3) is 0.273. The number of anilines is 1. The fourth-order valence-electron chi connectivity index (χ4n) is 1.60. The standard InChI is InChI=1S/C11H12N6S2/c1-3-12-10-14-8-7(4-5-18-8)9(15-10)19-11-13-6(2)16-17-11/h4-5H,3H2,1-2H3,(H,12,14,15)(H,13,16,17). The summed E-state index contributed by atoms with van der Waals surface area (Å²) >= 11 is 3.05. The van der Waals surface area contributed by atoms with E-state index in [4.69, 9.17) is 0 Å². The minimum atomic E-state index is 0.646. The molecule has 0 aliphatic heterocycles. The third-order valence-corrected chi connectivity index (χ3v) is 4.07. The van der Waals surface area contributed by atoms with E-state index in [9.17, 15) is 0 Å². The minimum absolute atomic E-state index is 0.646. The first kappa shape index (κ1) is 12.4. The van der Waals surface area contributed by atoms with Crippen molar-refractivity contribution in [2.75, 3.05) is 11.9 Å². The second kappa shape index (κ2) is 5.14.